The van der Waals surface area contributed by atoms with Gasteiger partial charge in [0.1, 0.15) is 0 Å². The van der Waals surface area contributed by atoms with Gasteiger partial charge in [-0.25, -0.2) is 0 Å². The van der Waals surface area contributed by atoms with Crippen molar-refractivity contribution in [3.63, 3.8) is 0 Å². The highest BCUT2D eigenvalue weighted by molar-refractivity contribution is 5.77. The van der Waals surface area contributed by atoms with Crippen molar-refractivity contribution in [3.8, 4) is 0 Å². The molecule has 1 saturated heterocycles. The summed E-state index contributed by atoms with van der Waals surface area (Å²) in [5, 5.41) is 15.2. The van der Waals surface area contributed by atoms with Crippen LogP contribution in [0.4, 0.5) is 0 Å². The van der Waals surface area contributed by atoms with Crippen molar-refractivity contribution in [1.29, 1.82) is 0 Å². The molecule has 0 aromatic heterocycles. The Bertz CT molecular complexity index is 166. The standard InChI is InChI=1S/C8H16N2O2/c1-2-3-10-7(11)4-8(12)5-9-6-8/h9,12H,2-6H2,1H3,(H,10,11). The van der Waals surface area contributed by atoms with Crippen LogP contribution in [0, 0.1) is 0 Å². The second-order valence-corrected chi connectivity index (χ2v) is 3.35. The van der Waals surface area contributed by atoms with Crippen molar-refractivity contribution < 1.29 is 9.90 Å². The van der Waals surface area contributed by atoms with Crippen LogP contribution in [0.3, 0.4) is 0 Å². The molecule has 0 saturated carbocycles. The molecule has 0 radical (unpaired) electrons. The van der Waals surface area contributed by atoms with Gasteiger partial charge in [0.15, 0.2) is 0 Å². The van der Waals surface area contributed by atoms with Crippen molar-refractivity contribution in [2.45, 2.75) is 25.4 Å². The molecule has 0 aromatic rings. The van der Waals surface area contributed by atoms with E-state index in [1.807, 2.05) is 6.92 Å². The van der Waals surface area contributed by atoms with Gasteiger partial charge in [0.25, 0.3) is 0 Å². The minimum absolute atomic E-state index is 0.0548. The van der Waals surface area contributed by atoms with Crippen LogP contribution in [0.2, 0.25) is 0 Å². The fourth-order valence-electron chi connectivity index (χ4n) is 1.16. The van der Waals surface area contributed by atoms with Gasteiger partial charge < -0.3 is 15.7 Å². The number of amides is 1. The summed E-state index contributed by atoms with van der Waals surface area (Å²) in [7, 11) is 0. The number of carbonyl (C=O) groups is 1. The van der Waals surface area contributed by atoms with E-state index in [1.54, 1.807) is 0 Å². The Kier molecular flexibility index (Phi) is 3.05. The molecule has 1 fully saturated rings. The third-order valence-electron chi connectivity index (χ3n) is 1.97. The molecule has 12 heavy (non-hydrogen) atoms. The van der Waals surface area contributed by atoms with E-state index in [1.165, 1.54) is 0 Å². The second kappa shape index (κ2) is 3.87. The smallest absolute Gasteiger partial charge is 0.222 e. The zero-order valence-corrected chi connectivity index (χ0v) is 7.39. The number of carbonyl (C=O) groups excluding carboxylic acids is 1. The van der Waals surface area contributed by atoms with Crippen LogP contribution < -0.4 is 10.6 Å². The van der Waals surface area contributed by atoms with E-state index < -0.39 is 5.60 Å². The average molecular weight is 172 g/mol. The normalized spacial score (nSPS) is 19.8. The van der Waals surface area contributed by atoms with E-state index >= 15 is 0 Å². The van der Waals surface area contributed by atoms with Crippen LogP contribution in [0.15, 0.2) is 0 Å². The van der Waals surface area contributed by atoms with Crippen LogP contribution >= 0.6 is 0 Å². The number of hydrogen-bond donors (Lipinski definition) is 3. The first-order valence-corrected chi connectivity index (χ1v) is 4.36. The number of β-amino-alcohol motifs (C(OH)–C–C–N with tert-alkyl or cyclic N) is 1. The largest absolute Gasteiger partial charge is 0.387 e. The molecule has 0 spiro atoms. The highest BCUT2D eigenvalue weighted by atomic mass is 16.3. The number of hydrogen-bond acceptors (Lipinski definition) is 3. The van der Waals surface area contributed by atoms with Crippen molar-refractivity contribution in [3.05, 3.63) is 0 Å². The molecular weight excluding hydrogens is 156 g/mol. The Labute approximate surface area is 72.3 Å². The molecule has 0 aliphatic carbocycles. The molecule has 0 unspecified atom stereocenters. The van der Waals surface area contributed by atoms with E-state index in [0.29, 0.717) is 19.6 Å². The monoisotopic (exact) mass is 172 g/mol. The van der Waals surface area contributed by atoms with Crippen LogP contribution in [0.25, 0.3) is 0 Å². The molecule has 4 heteroatoms. The highest BCUT2D eigenvalue weighted by Gasteiger charge is 2.36. The Hall–Kier alpha value is -0.610. The van der Waals surface area contributed by atoms with E-state index in [0.717, 1.165) is 6.42 Å². The molecule has 1 aliphatic rings. The topological polar surface area (TPSA) is 61.4 Å². The number of rotatable bonds is 4. The summed E-state index contributed by atoms with van der Waals surface area (Å²) in [6, 6.07) is 0. The molecule has 1 amide bonds. The van der Waals surface area contributed by atoms with Crippen molar-refractivity contribution in [1.82, 2.24) is 10.6 Å². The molecule has 1 aliphatic heterocycles. The average Bonchev–Trinajstić information content (AvgIpc) is 1.98. The first-order chi connectivity index (χ1) is 5.66. The zero-order valence-electron chi connectivity index (χ0n) is 7.39. The van der Waals surface area contributed by atoms with Gasteiger partial charge in [-0.3, -0.25) is 4.79 Å². The van der Waals surface area contributed by atoms with Gasteiger partial charge >= 0.3 is 0 Å². The maximum atomic E-state index is 11.1. The zero-order chi connectivity index (χ0) is 9.03. The fourth-order valence-corrected chi connectivity index (χ4v) is 1.16. The molecule has 0 bridgehead atoms. The summed E-state index contributed by atoms with van der Waals surface area (Å²) < 4.78 is 0. The maximum Gasteiger partial charge on any atom is 0.222 e. The first kappa shape index (κ1) is 9.48. The molecule has 1 heterocycles. The maximum absolute atomic E-state index is 11.1. The summed E-state index contributed by atoms with van der Waals surface area (Å²) in [6.07, 6.45) is 1.16. The van der Waals surface area contributed by atoms with Crippen LogP contribution in [-0.4, -0.2) is 36.2 Å². The van der Waals surface area contributed by atoms with E-state index in [2.05, 4.69) is 10.6 Å². The Morgan fingerprint density at radius 1 is 1.67 bits per heavy atom. The fraction of sp³-hybridized carbons (Fsp3) is 0.875. The summed E-state index contributed by atoms with van der Waals surface area (Å²) in [4.78, 5) is 11.1. The van der Waals surface area contributed by atoms with E-state index in [4.69, 9.17) is 0 Å². The van der Waals surface area contributed by atoms with Crippen molar-refractivity contribution >= 4 is 5.91 Å². The van der Waals surface area contributed by atoms with Gasteiger partial charge in [0, 0.05) is 19.6 Å². The SMILES string of the molecule is CCCNC(=O)CC1(O)CNC1. The van der Waals surface area contributed by atoms with Crippen molar-refractivity contribution in [2.75, 3.05) is 19.6 Å². The summed E-state index contributed by atoms with van der Waals surface area (Å²) in [6.45, 7) is 3.77. The predicted molar refractivity (Wildman–Crippen MR) is 45.7 cm³/mol. The van der Waals surface area contributed by atoms with Gasteiger partial charge in [0.2, 0.25) is 5.91 Å². The number of nitrogens with one attached hydrogen (secondary N) is 2. The minimum atomic E-state index is -0.780. The second-order valence-electron chi connectivity index (χ2n) is 3.35. The molecular formula is C8H16N2O2. The highest BCUT2D eigenvalue weighted by Crippen LogP contribution is 2.14. The summed E-state index contributed by atoms with van der Waals surface area (Å²) >= 11 is 0. The van der Waals surface area contributed by atoms with Gasteiger partial charge in [-0.15, -0.1) is 0 Å². The van der Waals surface area contributed by atoms with E-state index in [-0.39, 0.29) is 12.3 Å². The lowest BCUT2D eigenvalue weighted by Gasteiger charge is -2.36. The number of aliphatic hydroxyl groups is 1. The van der Waals surface area contributed by atoms with Gasteiger partial charge in [-0.05, 0) is 6.42 Å². The molecule has 0 aromatic carbocycles. The quantitative estimate of drug-likeness (QED) is 0.522. The lowest BCUT2D eigenvalue weighted by Crippen LogP contribution is -2.61. The van der Waals surface area contributed by atoms with Crippen LogP contribution in [-0.2, 0) is 4.79 Å². The summed E-state index contributed by atoms with van der Waals surface area (Å²) in [5.41, 5.74) is -0.780. The lowest BCUT2D eigenvalue weighted by molar-refractivity contribution is -0.128. The molecule has 70 valence electrons. The first-order valence-electron chi connectivity index (χ1n) is 4.36. The Morgan fingerprint density at radius 2 is 2.33 bits per heavy atom. The van der Waals surface area contributed by atoms with Gasteiger partial charge in [0.05, 0.1) is 12.0 Å². The lowest BCUT2D eigenvalue weighted by atomic mass is 9.93. The third-order valence-corrected chi connectivity index (χ3v) is 1.97. The Balaban J connectivity index is 2.16. The summed E-state index contributed by atoms with van der Waals surface area (Å²) in [5.74, 6) is -0.0548. The predicted octanol–water partition coefficient (Wildman–Crippen LogP) is -0.763. The van der Waals surface area contributed by atoms with Crippen molar-refractivity contribution in [2.24, 2.45) is 0 Å². The van der Waals surface area contributed by atoms with Gasteiger partial charge in [-0.2, -0.15) is 0 Å². The molecule has 0 atom stereocenters. The Morgan fingerprint density at radius 3 is 2.75 bits per heavy atom. The third kappa shape index (κ3) is 2.46. The minimum Gasteiger partial charge on any atom is -0.387 e. The van der Waals surface area contributed by atoms with Gasteiger partial charge in [-0.1, -0.05) is 6.92 Å². The molecule has 3 N–H and O–H groups in total. The van der Waals surface area contributed by atoms with Crippen LogP contribution in [0.1, 0.15) is 19.8 Å². The molecule has 4 nitrogen and oxygen atoms in total. The molecule has 1 rings (SSSR count). The van der Waals surface area contributed by atoms with Crippen LogP contribution in [0.5, 0.6) is 0 Å². The van der Waals surface area contributed by atoms with E-state index in [9.17, 15) is 9.90 Å².